The number of rotatable bonds is 7. The predicted octanol–water partition coefficient (Wildman–Crippen LogP) is -0.458. The highest BCUT2D eigenvalue weighted by Gasteiger charge is 2.25. The summed E-state index contributed by atoms with van der Waals surface area (Å²) in [7, 11) is -2.20. The van der Waals surface area contributed by atoms with E-state index in [2.05, 4.69) is 15.2 Å². The van der Waals surface area contributed by atoms with Crippen LogP contribution in [0.25, 0.3) is 0 Å². The van der Waals surface area contributed by atoms with Crippen molar-refractivity contribution < 1.29 is 18.1 Å². The summed E-state index contributed by atoms with van der Waals surface area (Å²) in [6.07, 6.45) is 0.128. The van der Waals surface area contributed by atoms with E-state index in [4.69, 9.17) is 0 Å². The lowest BCUT2D eigenvalue weighted by atomic mass is 10.3. The van der Waals surface area contributed by atoms with Crippen LogP contribution in [-0.2, 0) is 14.8 Å². The van der Waals surface area contributed by atoms with Gasteiger partial charge in [-0.1, -0.05) is 12.1 Å². The summed E-state index contributed by atoms with van der Waals surface area (Å²) in [5.41, 5.74) is 1.55. The molecule has 0 aromatic heterocycles. The fourth-order valence-electron chi connectivity index (χ4n) is 2.41. The maximum atomic E-state index is 12.2. The van der Waals surface area contributed by atoms with E-state index in [1.807, 2.05) is 11.9 Å². The number of nitro benzene ring substituents is 1. The first-order chi connectivity index (χ1) is 11.8. The molecule has 1 aromatic carbocycles. The summed E-state index contributed by atoms with van der Waals surface area (Å²) in [5, 5.41) is 10.9. The quantitative estimate of drug-likeness (QED) is 0.491. The van der Waals surface area contributed by atoms with Gasteiger partial charge in [-0.15, -0.1) is 4.83 Å². The van der Waals surface area contributed by atoms with Crippen molar-refractivity contribution in [2.75, 3.05) is 39.8 Å². The van der Waals surface area contributed by atoms with Crippen LogP contribution in [0, 0.1) is 10.1 Å². The van der Waals surface area contributed by atoms with Gasteiger partial charge in [0.25, 0.3) is 15.7 Å². The molecule has 0 atom stereocenters. The second kappa shape index (κ2) is 8.34. The Morgan fingerprint density at radius 1 is 1.24 bits per heavy atom. The number of benzene rings is 1. The summed E-state index contributed by atoms with van der Waals surface area (Å²) in [5.74, 6) is -0.499. The Morgan fingerprint density at radius 3 is 2.52 bits per heavy atom. The number of para-hydroxylation sites is 1. The second-order valence-electron chi connectivity index (χ2n) is 5.77. The lowest BCUT2D eigenvalue weighted by molar-refractivity contribution is -0.387. The molecule has 1 saturated heterocycles. The molecule has 0 spiro atoms. The molecule has 0 unspecified atom stereocenters. The van der Waals surface area contributed by atoms with Gasteiger partial charge in [-0.05, 0) is 13.1 Å². The van der Waals surface area contributed by atoms with Crippen molar-refractivity contribution in [2.24, 2.45) is 0 Å². The molecule has 1 heterocycles. The lowest BCUT2D eigenvalue weighted by Crippen LogP contribution is -2.47. The number of piperazine rings is 1. The van der Waals surface area contributed by atoms with Gasteiger partial charge in [0.2, 0.25) is 5.91 Å². The van der Waals surface area contributed by atoms with Crippen molar-refractivity contribution in [3.05, 3.63) is 34.4 Å². The topological polar surface area (TPSA) is 125 Å². The molecule has 2 rings (SSSR count). The lowest BCUT2D eigenvalue weighted by Gasteiger charge is -2.32. The third-order valence-electron chi connectivity index (χ3n) is 3.93. The molecule has 1 aliphatic heterocycles. The number of nitrogens with zero attached hydrogens (tertiary/aromatic N) is 3. The average molecular weight is 371 g/mol. The van der Waals surface area contributed by atoms with Crippen LogP contribution in [0.4, 0.5) is 5.69 Å². The summed E-state index contributed by atoms with van der Waals surface area (Å²) >= 11 is 0. The Hall–Kier alpha value is -2.08. The van der Waals surface area contributed by atoms with Crippen LogP contribution in [0.3, 0.4) is 0 Å². The van der Waals surface area contributed by atoms with Gasteiger partial charge in [-0.25, -0.2) is 8.42 Å². The number of hydrogen-bond donors (Lipinski definition) is 2. The number of sulfonamides is 1. The molecular weight excluding hydrogens is 350 g/mol. The molecule has 0 bridgehead atoms. The molecule has 25 heavy (non-hydrogen) atoms. The van der Waals surface area contributed by atoms with Gasteiger partial charge in [-0.2, -0.15) is 0 Å². The fraction of sp³-hybridized carbons (Fsp3) is 0.500. The van der Waals surface area contributed by atoms with Crippen LogP contribution >= 0.6 is 0 Å². The third-order valence-corrected chi connectivity index (χ3v) is 5.22. The standard InChI is InChI=1S/C14H21N5O5S/c1-17-8-10-18(11-9-17)7-6-14(20)15-16-25(23,24)13-5-3-2-4-12(13)19(21)22/h2-5,16H,6-11H2,1H3,(H,15,20). The molecular formula is C14H21N5O5S. The maximum Gasteiger partial charge on any atom is 0.289 e. The highest BCUT2D eigenvalue weighted by atomic mass is 32.2. The minimum atomic E-state index is -4.23. The van der Waals surface area contributed by atoms with E-state index in [0.717, 1.165) is 38.3 Å². The van der Waals surface area contributed by atoms with E-state index in [1.165, 1.54) is 12.1 Å². The maximum absolute atomic E-state index is 12.2. The first-order valence-corrected chi connectivity index (χ1v) is 9.23. The van der Waals surface area contributed by atoms with Crippen molar-refractivity contribution >= 4 is 21.6 Å². The van der Waals surface area contributed by atoms with Crippen molar-refractivity contribution in [1.29, 1.82) is 0 Å². The zero-order chi connectivity index (χ0) is 18.4. The van der Waals surface area contributed by atoms with E-state index >= 15 is 0 Å². The van der Waals surface area contributed by atoms with Gasteiger partial charge in [0.1, 0.15) is 0 Å². The van der Waals surface area contributed by atoms with Crippen molar-refractivity contribution in [3.8, 4) is 0 Å². The minimum absolute atomic E-state index is 0.128. The smallest absolute Gasteiger partial charge is 0.289 e. The third kappa shape index (κ3) is 5.46. The SMILES string of the molecule is CN1CCN(CCC(=O)NNS(=O)(=O)c2ccccc2[N+](=O)[O-])CC1. The Kier molecular flexibility index (Phi) is 6.42. The van der Waals surface area contributed by atoms with Gasteiger partial charge in [0, 0.05) is 45.2 Å². The van der Waals surface area contributed by atoms with Gasteiger partial charge in [0.15, 0.2) is 4.90 Å². The monoisotopic (exact) mass is 371 g/mol. The number of carbonyl (C=O) groups excluding carboxylic acids is 1. The molecule has 1 fully saturated rings. The average Bonchev–Trinajstić information content (AvgIpc) is 2.59. The number of carbonyl (C=O) groups is 1. The highest BCUT2D eigenvalue weighted by molar-refractivity contribution is 7.89. The molecule has 1 aliphatic rings. The van der Waals surface area contributed by atoms with Crippen LogP contribution in [-0.4, -0.2) is 68.8 Å². The zero-order valence-corrected chi connectivity index (χ0v) is 14.7. The molecule has 0 saturated carbocycles. The summed E-state index contributed by atoms with van der Waals surface area (Å²) < 4.78 is 24.3. The summed E-state index contributed by atoms with van der Waals surface area (Å²) in [6, 6.07) is 4.93. The minimum Gasteiger partial charge on any atom is -0.304 e. The molecule has 1 aromatic rings. The van der Waals surface area contributed by atoms with Crippen LogP contribution in [0.5, 0.6) is 0 Å². The van der Waals surface area contributed by atoms with Gasteiger partial charge in [0.05, 0.1) is 4.92 Å². The number of nitrogens with one attached hydrogen (secondary N) is 2. The van der Waals surface area contributed by atoms with Gasteiger partial charge < -0.3 is 9.80 Å². The normalized spacial score (nSPS) is 16.5. The first-order valence-electron chi connectivity index (χ1n) is 7.74. The van der Waals surface area contributed by atoms with E-state index in [1.54, 1.807) is 0 Å². The largest absolute Gasteiger partial charge is 0.304 e. The number of hydrazine groups is 1. The number of nitro groups is 1. The first kappa shape index (κ1) is 19.2. The fourth-order valence-corrected chi connectivity index (χ4v) is 3.44. The van der Waals surface area contributed by atoms with Gasteiger partial charge in [-0.3, -0.25) is 20.3 Å². The summed E-state index contributed by atoms with van der Waals surface area (Å²) in [4.78, 5) is 27.7. The second-order valence-corrected chi connectivity index (χ2v) is 7.42. The predicted molar refractivity (Wildman–Crippen MR) is 90.1 cm³/mol. The van der Waals surface area contributed by atoms with E-state index in [0.29, 0.717) is 6.54 Å². The van der Waals surface area contributed by atoms with Gasteiger partial charge >= 0.3 is 0 Å². The highest BCUT2D eigenvalue weighted by Crippen LogP contribution is 2.22. The zero-order valence-electron chi connectivity index (χ0n) is 13.8. The van der Waals surface area contributed by atoms with Crippen molar-refractivity contribution in [2.45, 2.75) is 11.3 Å². The number of likely N-dealkylation sites (N-methyl/N-ethyl adjacent to an activating group) is 1. The Bertz CT molecular complexity index is 731. The van der Waals surface area contributed by atoms with Crippen LogP contribution < -0.4 is 10.3 Å². The molecule has 10 nitrogen and oxygen atoms in total. The molecule has 2 N–H and O–H groups in total. The molecule has 0 radical (unpaired) electrons. The van der Waals surface area contributed by atoms with Crippen molar-refractivity contribution in [1.82, 2.24) is 20.1 Å². The van der Waals surface area contributed by atoms with E-state index < -0.39 is 31.4 Å². The van der Waals surface area contributed by atoms with Crippen molar-refractivity contribution in [3.63, 3.8) is 0 Å². The van der Waals surface area contributed by atoms with E-state index in [-0.39, 0.29) is 6.42 Å². The van der Waals surface area contributed by atoms with E-state index in [9.17, 15) is 23.3 Å². The molecule has 138 valence electrons. The van der Waals surface area contributed by atoms with Crippen LogP contribution in [0.2, 0.25) is 0 Å². The Morgan fingerprint density at radius 2 is 1.88 bits per heavy atom. The van der Waals surface area contributed by atoms with Crippen LogP contribution in [0.15, 0.2) is 29.2 Å². The number of amides is 1. The summed E-state index contributed by atoms with van der Waals surface area (Å²) in [6.45, 7) is 4.07. The Balaban J connectivity index is 1.87. The molecule has 11 heteroatoms. The van der Waals surface area contributed by atoms with Crippen LogP contribution in [0.1, 0.15) is 6.42 Å². The number of hydrogen-bond acceptors (Lipinski definition) is 7. The Labute approximate surface area is 146 Å². The molecule has 1 amide bonds. The molecule has 0 aliphatic carbocycles.